The summed E-state index contributed by atoms with van der Waals surface area (Å²) in [5.74, 6) is 0.814. The molecular formula is C13H13Br2NO2. The fourth-order valence-corrected chi connectivity index (χ4v) is 2.26. The lowest BCUT2D eigenvalue weighted by molar-refractivity contribution is 0.173. The van der Waals surface area contributed by atoms with Gasteiger partial charge in [0.2, 0.25) is 0 Å². The molecule has 0 aliphatic heterocycles. The van der Waals surface area contributed by atoms with Crippen LogP contribution < -0.4 is 5.32 Å². The Morgan fingerprint density at radius 2 is 1.94 bits per heavy atom. The molecule has 1 unspecified atom stereocenters. The highest BCUT2D eigenvalue weighted by atomic mass is 79.9. The lowest BCUT2D eigenvalue weighted by Crippen LogP contribution is -2.20. The minimum Gasteiger partial charge on any atom is -0.452 e. The first-order valence-corrected chi connectivity index (χ1v) is 7.13. The first kappa shape index (κ1) is 13.8. The van der Waals surface area contributed by atoms with Gasteiger partial charge in [-0.1, -0.05) is 30.3 Å². The first-order valence-electron chi connectivity index (χ1n) is 5.54. The molecule has 0 aliphatic carbocycles. The molecule has 1 aromatic heterocycles. The van der Waals surface area contributed by atoms with Crippen molar-refractivity contribution < 1.29 is 9.52 Å². The molecule has 1 heterocycles. The largest absolute Gasteiger partial charge is 0.452 e. The van der Waals surface area contributed by atoms with Gasteiger partial charge < -0.3 is 14.8 Å². The number of aliphatic hydroxyl groups is 1. The van der Waals surface area contributed by atoms with Gasteiger partial charge in [-0.05, 0) is 43.5 Å². The maximum Gasteiger partial charge on any atom is 0.183 e. The third-order valence-corrected chi connectivity index (χ3v) is 4.23. The summed E-state index contributed by atoms with van der Waals surface area (Å²) in [5, 5.41) is 13.1. The molecule has 2 rings (SSSR count). The summed E-state index contributed by atoms with van der Waals surface area (Å²) in [7, 11) is 0. The van der Waals surface area contributed by atoms with Crippen LogP contribution in [0.25, 0.3) is 0 Å². The van der Waals surface area contributed by atoms with Gasteiger partial charge in [0.15, 0.2) is 4.67 Å². The van der Waals surface area contributed by atoms with E-state index in [4.69, 9.17) is 4.42 Å². The van der Waals surface area contributed by atoms with Crippen molar-refractivity contribution in [2.24, 2.45) is 0 Å². The van der Waals surface area contributed by atoms with Gasteiger partial charge in [0.25, 0.3) is 0 Å². The first-order chi connectivity index (χ1) is 8.66. The highest BCUT2D eigenvalue weighted by Crippen LogP contribution is 2.26. The average Bonchev–Trinajstić information content (AvgIpc) is 2.69. The van der Waals surface area contributed by atoms with Crippen molar-refractivity contribution >= 4 is 31.9 Å². The Hall–Kier alpha value is -0.620. The standard InChI is InChI=1S/C13H13Br2NO2/c14-11-6-10(18-13(11)15)7-16-8-12(17)9-4-2-1-3-5-9/h1-6,12,16-17H,7-8H2. The third kappa shape index (κ3) is 3.68. The second-order valence-electron chi connectivity index (χ2n) is 3.89. The van der Waals surface area contributed by atoms with Crippen molar-refractivity contribution in [3.63, 3.8) is 0 Å². The van der Waals surface area contributed by atoms with Crippen LogP contribution in [0.2, 0.25) is 0 Å². The van der Waals surface area contributed by atoms with E-state index < -0.39 is 6.10 Å². The quantitative estimate of drug-likeness (QED) is 0.839. The Morgan fingerprint density at radius 3 is 2.56 bits per heavy atom. The van der Waals surface area contributed by atoms with E-state index in [1.165, 1.54) is 0 Å². The number of halogens is 2. The van der Waals surface area contributed by atoms with E-state index in [2.05, 4.69) is 37.2 Å². The zero-order valence-electron chi connectivity index (χ0n) is 9.57. The number of hydrogen-bond donors (Lipinski definition) is 2. The maximum atomic E-state index is 9.95. The second-order valence-corrected chi connectivity index (χ2v) is 5.47. The summed E-state index contributed by atoms with van der Waals surface area (Å²) in [6.07, 6.45) is -0.506. The molecule has 0 saturated carbocycles. The van der Waals surface area contributed by atoms with Gasteiger partial charge in [-0.25, -0.2) is 0 Å². The van der Waals surface area contributed by atoms with Gasteiger partial charge in [-0.3, -0.25) is 0 Å². The topological polar surface area (TPSA) is 45.4 Å². The van der Waals surface area contributed by atoms with Crippen LogP contribution >= 0.6 is 31.9 Å². The van der Waals surface area contributed by atoms with E-state index in [1.807, 2.05) is 36.4 Å². The van der Waals surface area contributed by atoms with Gasteiger partial charge in [0.1, 0.15) is 5.76 Å². The van der Waals surface area contributed by atoms with E-state index in [1.54, 1.807) is 0 Å². The Balaban J connectivity index is 1.82. The van der Waals surface area contributed by atoms with E-state index in [0.29, 0.717) is 17.8 Å². The number of benzene rings is 1. The van der Waals surface area contributed by atoms with Crippen LogP contribution in [0.5, 0.6) is 0 Å². The molecular weight excluding hydrogens is 362 g/mol. The van der Waals surface area contributed by atoms with Crippen molar-refractivity contribution in [1.82, 2.24) is 5.32 Å². The highest BCUT2D eigenvalue weighted by Gasteiger charge is 2.08. The summed E-state index contributed by atoms with van der Waals surface area (Å²) in [4.78, 5) is 0. The highest BCUT2D eigenvalue weighted by molar-refractivity contribution is 9.13. The van der Waals surface area contributed by atoms with Gasteiger partial charge >= 0.3 is 0 Å². The van der Waals surface area contributed by atoms with Gasteiger partial charge in [-0.2, -0.15) is 0 Å². The minimum absolute atomic E-state index is 0.486. The second kappa shape index (κ2) is 6.52. The number of rotatable bonds is 5. The lowest BCUT2D eigenvalue weighted by atomic mass is 10.1. The van der Waals surface area contributed by atoms with Crippen molar-refractivity contribution in [1.29, 1.82) is 0 Å². The number of aliphatic hydroxyl groups excluding tert-OH is 1. The smallest absolute Gasteiger partial charge is 0.183 e. The van der Waals surface area contributed by atoms with Crippen molar-refractivity contribution in [2.75, 3.05) is 6.54 Å². The molecule has 3 nitrogen and oxygen atoms in total. The van der Waals surface area contributed by atoms with Crippen molar-refractivity contribution in [2.45, 2.75) is 12.6 Å². The summed E-state index contributed by atoms with van der Waals surface area (Å²) < 4.78 is 7.00. The van der Waals surface area contributed by atoms with E-state index in [9.17, 15) is 5.11 Å². The molecule has 0 radical (unpaired) electrons. The van der Waals surface area contributed by atoms with Gasteiger partial charge in [0.05, 0.1) is 17.1 Å². The molecule has 0 amide bonds. The van der Waals surface area contributed by atoms with E-state index in [0.717, 1.165) is 15.8 Å². The summed E-state index contributed by atoms with van der Waals surface area (Å²) in [5.41, 5.74) is 0.909. The maximum absolute atomic E-state index is 9.95. The summed E-state index contributed by atoms with van der Waals surface area (Å²) >= 11 is 6.64. The number of nitrogens with one attached hydrogen (secondary N) is 1. The van der Waals surface area contributed by atoms with Gasteiger partial charge in [-0.15, -0.1) is 0 Å². The Morgan fingerprint density at radius 1 is 1.22 bits per heavy atom. The van der Waals surface area contributed by atoms with E-state index >= 15 is 0 Å². The molecule has 1 aromatic carbocycles. The fourth-order valence-electron chi connectivity index (χ4n) is 1.60. The monoisotopic (exact) mass is 373 g/mol. The molecule has 96 valence electrons. The minimum atomic E-state index is -0.506. The van der Waals surface area contributed by atoms with Crippen LogP contribution in [0.15, 0.2) is 50.0 Å². The molecule has 0 spiro atoms. The van der Waals surface area contributed by atoms with Crippen LogP contribution in [-0.4, -0.2) is 11.7 Å². The van der Waals surface area contributed by atoms with Crippen LogP contribution in [-0.2, 0) is 6.54 Å². The average molecular weight is 375 g/mol. The molecule has 18 heavy (non-hydrogen) atoms. The molecule has 0 saturated heterocycles. The molecule has 2 aromatic rings. The normalized spacial score (nSPS) is 12.6. The molecule has 0 bridgehead atoms. The van der Waals surface area contributed by atoms with Crippen LogP contribution in [0.3, 0.4) is 0 Å². The fraction of sp³-hybridized carbons (Fsp3) is 0.231. The Labute approximate surface area is 122 Å². The molecule has 5 heteroatoms. The molecule has 0 aliphatic rings. The molecule has 2 N–H and O–H groups in total. The number of furan rings is 1. The zero-order valence-corrected chi connectivity index (χ0v) is 12.7. The predicted octanol–water partition coefficient (Wildman–Crippen LogP) is 3.63. The summed E-state index contributed by atoms with van der Waals surface area (Å²) in [6.45, 7) is 1.06. The predicted molar refractivity (Wildman–Crippen MR) is 77.2 cm³/mol. The number of hydrogen-bond acceptors (Lipinski definition) is 3. The third-order valence-electron chi connectivity index (χ3n) is 2.52. The van der Waals surface area contributed by atoms with Crippen molar-refractivity contribution in [3.8, 4) is 0 Å². The Kier molecular flexibility index (Phi) is 5.00. The summed E-state index contributed by atoms with van der Waals surface area (Å²) in [6, 6.07) is 11.5. The SMILES string of the molecule is OC(CNCc1cc(Br)c(Br)o1)c1ccccc1. The van der Waals surface area contributed by atoms with Gasteiger partial charge in [0, 0.05) is 6.54 Å². The zero-order chi connectivity index (χ0) is 13.0. The lowest BCUT2D eigenvalue weighted by Gasteiger charge is -2.11. The van der Waals surface area contributed by atoms with Crippen LogP contribution in [0.4, 0.5) is 0 Å². The molecule has 0 fully saturated rings. The van der Waals surface area contributed by atoms with Crippen molar-refractivity contribution in [3.05, 3.63) is 56.9 Å². The van der Waals surface area contributed by atoms with Crippen LogP contribution in [0, 0.1) is 0 Å². The Bertz CT molecular complexity index is 479. The van der Waals surface area contributed by atoms with Crippen LogP contribution in [0.1, 0.15) is 17.4 Å². The molecule has 1 atom stereocenters. The van der Waals surface area contributed by atoms with E-state index in [-0.39, 0.29) is 0 Å².